The van der Waals surface area contributed by atoms with Gasteiger partial charge in [0, 0.05) is 42.5 Å². The first kappa shape index (κ1) is 18.1. The van der Waals surface area contributed by atoms with Gasteiger partial charge in [0.05, 0.1) is 11.1 Å². The van der Waals surface area contributed by atoms with E-state index in [9.17, 15) is 9.59 Å². The molecule has 0 fully saturated rings. The molecule has 0 aliphatic carbocycles. The summed E-state index contributed by atoms with van der Waals surface area (Å²) in [7, 11) is 1.56. The van der Waals surface area contributed by atoms with Gasteiger partial charge in [-0.1, -0.05) is 6.07 Å². The Balaban J connectivity index is 1.85. The second-order valence-electron chi connectivity index (χ2n) is 6.24. The van der Waals surface area contributed by atoms with Crippen LogP contribution in [0.5, 0.6) is 0 Å². The lowest BCUT2D eigenvalue weighted by molar-refractivity contribution is 0.0963. The number of nitrogens with two attached hydrogens (primary N) is 1. The fourth-order valence-corrected chi connectivity index (χ4v) is 2.94. The van der Waals surface area contributed by atoms with E-state index in [2.05, 4.69) is 30.6 Å². The number of aromatic nitrogens is 4. The predicted molar refractivity (Wildman–Crippen MR) is 111 cm³/mol. The molecule has 0 bridgehead atoms. The second kappa shape index (κ2) is 7.39. The number of nitrogen functional groups attached to an aromatic ring is 1. The number of nitrogens with one attached hydrogen (secondary N) is 3. The summed E-state index contributed by atoms with van der Waals surface area (Å²) in [6, 6.07) is 10.5. The molecule has 9 nitrogen and oxygen atoms in total. The molecule has 9 heteroatoms. The molecule has 0 saturated carbocycles. The Labute approximate surface area is 165 Å². The molecule has 0 unspecified atom stereocenters. The fourth-order valence-electron chi connectivity index (χ4n) is 2.94. The van der Waals surface area contributed by atoms with Crippen molar-refractivity contribution < 1.29 is 4.79 Å². The molecule has 144 valence electrons. The predicted octanol–water partition coefficient (Wildman–Crippen LogP) is 2.07. The molecule has 0 saturated heterocycles. The molecule has 4 aromatic rings. The van der Waals surface area contributed by atoms with Gasteiger partial charge < -0.3 is 21.4 Å². The number of fused-ring (bicyclic) bond motifs is 1. The third kappa shape index (κ3) is 3.61. The largest absolute Gasteiger partial charge is 0.368 e. The maximum absolute atomic E-state index is 12.5. The summed E-state index contributed by atoms with van der Waals surface area (Å²) < 4.78 is 0. The summed E-state index contributed by atoms with van der Waals surface area (Å²) in [5.41, 5.74) is 7.62. The van der Waals surface area contributed by atoms with Gasteiger partial charge in [0.15, 0.2) is 0 Å². The highest BCUT2D eigenvalue weighted by Gasteiger charge is 2.13. The number of hydrogen-bond donors (Lipinski definition) is 4. The third-order valence-corrected chi connectivity index (χ3v) is 4.34. The molecule has 0 radical (unpaired) electrons. The average Bonchev–Trinajstić information content (AvgIpc) is 2.73. The van der Waals surface area contributed by atoms with Crippen LogP contribution in [0.4, 0.5) is 17.5 Å². The molecule has 1 aromatic carbocycles. The van der Waals surface area contributed by atoms with Crippen LogP contribution in [0.2, 0.25) is 0 Å². The number of H-pyrrole nitrogens is 1. The monoisotopic (exact) mass is 387 g/mol. The van der Waals surface area contributed by atoms with Gasteiger partial charge in [0.2, 0.25) is 5.95 Å². The number of anilines is 3. The van der Waals surface area contributed by atoms with Crippen molar-refractivity contribution in [2.45, 2.75) is 0 Å². The van der Waals surface area contributed by atoms with Crippen molar-refractivity contribution in [1.82, 2.24) is 25.3 Å². The van der Waals surface area contributed by atoms with Crippen LogP contribution >= 0.6 is 0 Å². The number of rotatable bonds is 4. The van der Waals surface area contributed by atoms with Gasteiger partial charge >= 0.3 is 0 Å². The van der Waals surface area contributed by atoms with E-state index >= 15 is 0 Å². The van der Waals surface area contributed by atoms with Gasteiger partial charge in [-0.25, -0.2) is 15.0 Å². The number of hydrogen-bond acceptors (Lipinski definition) is 7. The van der Waals surface area contributed by atoms with Crippen LogP contribution in [-0.2, 0) is 0 Å². The minimum atomic E-state index is -0.278. The minimum Gasteiger partial charge on any atom is -0.368 e. The summed E-state index contributed by atoms with van der Waals surface area (Å²) in [6.07, 6.45) is 4.71. The van der Waals surface area contributed by atoms with Gasteiger partial charge in [-0.05, 0) is 35.7 Å². The molecular weight excluding hydrogens is 370 g/mol. The van der Waals surface area contributed by atoms with Crippen molar-refractivity contribution in [3.05, 3.63) is 70.9 Å². The summed E-state index contributed by atoms with van der Waals surface area (Å²) in [5.74, 6) is 0.303. The van der Waals surface area contributed by atoms with Gasteiger partial charge in [0.25, 0.3) is 11.5 Å². The molecule has 1 amide bonds. The summed E-state index contributed by atoms with van der Waals surface area (Å²) in [4.78, 5) is 39.6. The lowest BCUT2D eigenvalue weighted by atomic mass is 10.1. The first-order valence-corrected chi connectivity index (χ1v) is 8.74. The standard InChI is InChI=1S/C20H17N7O2/c1-22-18(28)12-3-2-4-14(7-12)26-17-16-11(5-6-23-19(16)29)8-15(27-17)13-9-24-20(21)25-10-13/h2-10H,1H3,(H,22,28)(H,23,29)(H,26,27)(H2,21,24,25). The van der Waals surface area contributed by atoms with Gasteiger partial charge in [-0.3, -0.25) is 9.59 Å². The molecule has 5 N–H and O–H groups in total. The number of nitrogens with zero attached hydrogens (tertiary/aromatic N) is 3. The molecule has 0 atom stereocenters. The first-order chi connectivity index (χ1) is 14.0. The van der Waals surface area contributed by atoms with Crippen LogP contribution < -0.4 is 21.9 Å². The number of benzene rings is 1. The molecule has 0 aliphatic heterocycles. The van der Waals surface area contributed by atoms with E-state index in [0.717, 1.165) is 0 Å². The molecule has 4 rings (SSSR count). The maximum atomic E-state index is 12.5. The van der Waals surface area contributed by atoms with Gasteiger partial charge in [-0.2, -0.15) is 0 Å². The van der Waals surface area contributed by atoms with Gasteiger partial charge in [-0.15, -0.1) is 0 Å². The van der Waals surface area contributed by atoms with E-state index in [4.69, 9.17) is 5.73 Å². The molecule has 29 heavy (non-hydrogen) atoms. The first-order valence-electron chi connectivity index (χ1n) is 8.74. The smallest absolute Gasteiger partial charge is 0.259 e. The normalized spacial score (nSPS) is 10.7. The molecule has 3 aromatic heterocycles. The van der Waals surface area contributed by atoms with Crippen molar-refractivity contribution in [2.75, 3.05) is 18.1 Å². The minimum absolute atomic E-state index is 0.162. The third-order valence-electron chi connectivity index (χ3n) is 4.34. The van der Waals surface area contributed by atoms with Crippen molar-refractivity contribution in [3.8, 4) is 11.3 Å². The van der Waals surface area contributed by atoms with E-state index in [1.54, 1.807) is 62.0 Å². The molecular formula is C20H17N7O2. The van der Waals surface area contributed by atoms with Crippen LogP contribution in [0.3, 0.4) is 0 Å². The quantitative estimate of drug-likeness (QED) is 0.420. The molecule has 3 heterocycles. The Kier molecular flexibility index (Phi) is 4.62. The number of amides is 1. The fraction of sp³-hybridized carbons (Fsp3) is 0.0500. The Morgan fingerprint density at radius 1 is 1.14 bits per heavy atom. The molecule has 0 aliphatic rings. The average molecular weight is 387 g/mol. The van der Waals surface area contributed by atoms with Crippen LogP contribution in [0.1, 0.15) is 10.4 Å². The highest BCUT2D eigenvalue weighted by Crippen LogP contribution is 2.27. The zero-order valence-corrected chi connectivity index (χ0v) is 15.4. The van der Waals surface area contributed by atoms with Crippen LogP contribution in [0.25, 0.3) is 22.0 Å². The van der Waals surface area contributed by atoms with Crippen molar-refractivity contribution in [3.63, 3.8) is 0 Å². The maximum Gasteiger partial charge on any atom is 0.259 e. The Hall–Kier alpha value is -4.27. The van der Waals surface area contributed by atoms with Crippen LogP contribution in [0, 0.1) is 0 Å². The second-order valence-corrected chi connectivity index (χ2v) is 6.24. The summed E-state index contributed by atoms with van der Waals surface area (Å²) in [5, 5.41) is 6.83. The SMILES string of the molecule is CNC(=O)c1cccc(Nc2nc(-c3cnc(N)nc3)cc3cc[nH]c(=O)c23)c1. The Morgan fingerprint density at radius 2 is 1.93 bits per heavy atom. The highest BCUT2D eigenvalue weighted by molar-refractivity contribution is 5.97. The van der Waals surface area contributed by atoms with E-state index in [1.807, 2.05) is 0 Å². The zero-order chi connectivity index (χ0) is 20.4. The Morgan fingerprint density at radius 3 is 2.69 bits per heavy atom. The van der Waals surface area contributed by atoms with Crippen molar-refractivity contribution >= 4 is 34.1 Å². The molecule has 0 spiro atoms. The number of carbonyl (C=O) groups excluding carboxylic acids is 1. The number of carbonyl (C=O) groups is 1. The number of pyridine rings is 2. The van der Waals surface area contributed by atoms with Crippen LogP contribution in [0.15, 0.2) is 59.8 Å². The topological polar surface area (TPSA) is 139 Å². The Bertz CT molecular complexity index is 1270. The van der Waals surface area contributed by atoms with Gasteiger partial charge in [0.1, 0.15) is 5.82 Å². The lowest BCUT2D eigenvalue weighted by Gasteiger charge is -2.12. The van der Waals surface area contributed by atoms with Crippen molar-refractivity contribution in [1.29, 1.82) is 0 Å². The van der Waals surface area contributed by atoms with E-state index in [1.165, 1.54) is 0 Å². The number of aromatic amines is 1. The van der Waals surface area contributed by atoms with E-state index < -0.39 is 0 Å². The lowest BCUT2D eigenvalue weighted by Crippen LogP contribution is -2.17. The summed E-state index contributed by atoms with van der Waals surface area (Å²) >= 11 is 0. The van der Waals surface area contributed by atoms with E-state index in [-0.39, 0.29) is 17.4 Å². The zero-order valence-electron chi connectivity index (χ0n) is 15.4. The highest BCUT2D eigenvalue weighted by atomic mass is 16.1. The van der Waals surface area contributed by atoms with E-state index in [0.29, 0.717) is 39.1 Å². The van der Waals surface area contributed by atoms with Crippen LogP contribution in [-0.4, -0.2) is 32.9 Å². The summed E-state index contributed by atoms with van der Waals surface area (Å²) in [6.45, 7) is 0. The van der Waals surface area contributed by atoms with Crippen molar-refractivity contribution in [2.24, 2.45) is 0 Å².